The lowest BCUT2D eigenvalue weighted by molar-refractivity contribution is -0.122. The first-order valence-electron chi connectivity index (χ1n) is 10.8. The number of carbonyl (C=O) groups is 3. The van der Waals surface area contributed by atoms with Gasteiger partial charge in [-0.1, -0.05) is 42.8 Å². The molecule has 3 aromatic rings. The van der Waals surface area contributed by atoms with Crippen LogP contribution >= 0.6 is 11.6 Å². The summed E-state index contributed by atoms with van der Waals surface area (Å²) in [7, 11) is 0. The summed E-state index contributed by atoms with van der Waals surface area (Å²) in [6.07, 6.45) is 1.05. The van der Waals surface area contributed by atoms with Crippen LogP contribution in [0, 0.1) is 5.92 Å². The van der Waals surface area contributed by atoms with Crippen LogP contribution < -0.4 is 15.5 Å². The van der Waals surface area contributed by atoms with Crippen molar-refractivity contribution < 1.29 is 14.4 Å². The Morgan fingerprint density at radius 3 is 2.36 bits per heavy atom. The lowest BCUT2D eigenvalue weighted by atomic mass is 10.1. The van der Waals surface area contributed by atoms with E-state index in [1.165, 1.54) is 5.56 Å². The molecule has 0 spiro atoms. The molecule has 3 aromatic carbocycles. The van der Waals surface area contributed by atoms with E-state index in [1.807, 2.05) is 24.3 Å². The fraction of sp³-hybridized carbons (Fsp3) is 0.192. The lowest BCUT2D eigenvalue weighted by Gasteiger charge is -2.17. The normalized spacial score (nSPS) is 15.4. The van der Waals surface area contributed by atoms with E-state index in [0.29, 0.717) is 28.5 Å². The van der Waals surface area contributed by atoms with Crippen molar-refractivity contribution in [3.63, 3.8) is 0 Å². The van der Waals surface area contributed by atoms with Crippen molar-refractivity contribution in [2.75, 3.05) is 22.1 Å². The number of hydrogen-bond donors (Lipinski definition) is 2. The Kier molecular flexibility index (Phi) is 6.75. The van der Waals surface area contributed by atoms with Crippen molar-refractivity contribution in [3.05, 3.63) is 88.9 Å². The number of aryl methyl sites for hydroxylation is 1. The SMILES string of the molecule is CCc1ccc(N2CC(C(=O)Nc3ccccc3C(=O)Nc3ccc(Cl)cc3)CC2=O)cc1. The smallest absolute Gasteiger partial charge is 0.257 e. The highest BCUT2D eigenvalue weighted by molar-refractivity contribution is 6.30. The summed E-state index contributed by atoms with van der Waals surface area (Å²) in [5, 5.41) is 6.21. The molecule has 0 radical (unpaired) electrons. The summed E-state index contributed by atoms with van der Waals surface area (Å²) in [6, 6.07) is 21.4. The molecule has 1 heterocycles. The second kappa shape index (κ2) is 9.88. The van der Waals surface area contributed by atoms with Gasteiger partial charge in [-0.25, -0.2) is 0 Å². The largest absolute Gasteiger partial charge is 0.325 e. The van der Waals surface area contributed by atoms with E-state index in [4.69, 9.17) is 11.6 Å². The molecular weight excluding hydrogens is 438 g/mol. The molecule has 6 nitrogen and oxygen atoms in total. The third kappa shape index (κ3) is 5.23. The van der Waals surface area contributed by atoms with E-state index in [2.05, 4.69) is 17.6 Å². The van der Waals surface area contributed by atoms with Crippen LogP contribution in [0.15, 0.2) is 72.8 Å². The van der Waals surface area contributed by atoms with Gasteiger partial charge in [0, 0.05) is 29.4 Å². The molecule has 0 bridgehead atoms. The summed E-state index contributed by atoms with van der Waals surface area (Å²) >= 11 is 5.90. The van der Waals surface area contributed by atoms with Crippen LogP contribution in [-0.2, 0) is 16.0 Å². The number of amides is 3. The predicted molar refractivity (Wildman–Crippen MR) is 131 cm³/mol. The van der Waals surface area contributed by atoms with Gasteiger partial charge in [-0.05, 0) is 60.5 Å². The van der Waals surface area contributed by atoms with Gasteiger partial charge in [-0.15, -0.1) is 0 Å². The Balaban J connectivity index is 1.45. The highest BCUT2D eigenvalue weighted by Gasteiger charge is 2.35. The van der Waals surface area contributed by atoms with E-state index in [-0.39, 0.29) is 24.1 Å². The molecule has 2 N–H and O–H groups in total. The zero-order valence-electron chi connectivity index (χ0n) is 18.2. The quantitative estimate of drug-likeness (QED) is 0.533. The number of nitrogens with one attached hydrogen (secondary N) is 2. The van der Waals surface area contributed by atoms with E-state index in [9.17, 15) is 14.4 Å². The van der Waals surface area contributed by atoms with Crippen LogP contribution in [0.2, 0.25) is 5.02 Å². The van der Waals surface area contributed by atoms with Crippen LogP contribution in [0.4, 0.5) is 17.1 Å². The number of nitrogens with zero attached hydrogens (tertiary/aromatic N) is 1. The number of benzene rings is 3. The maximum absolute atomic E-state index is 13.0. The summed E-state index contributed by atoms with van der Waals surface area (Å²) in [5.41, 5.74) is 3.30. The second-order valence-corrected chi connectivity index (χ2v) is 8.36. The molecule has 4 rings (SSSR count). The number of hydrogen-bond acceptors (Lipinski definition) is 3. The molecule has 0 aromatic heterocycles. The highest BCUT2D eigenvalue weighted by Crippen LogP contribution is 2.27. The minimum Gasteiger partial charge on any atom is -0.325 e. The number of anilines is 3. The molecular formula is C26H24ClN3O3. The molecule has 1 fully saturated rings. The van der Waals surface area contributed by atoms with Gasteiger partial charge in [0.05, 0.1) is 17.2 Å². The summed E-state index contributed by atoms with van der Waals surface area (Å²) in [5.74, 6) is -1.24. The summed E-state index contributed by atoms with van der Waals surface area (Å²) in [6.45, 7) is 2.37. The fourth-order valence-corrected chi connectivity index (χ4v) is 3.93. The molecule has 7 heteroatoms. The van der Waals surface area contributed by atoms with Gasteiger partial charge in [-0.3, -0.25) is 14.4 Å². The van der Waals surface area contributed by atoms with Crippen LogP contribution in [0.5, 0.6) is 0 Å². The van der Waals surface area contributed by atoms with E-state index < -0.39 is 5.92 Å². The second-order valence-electron chi connectivity index (χ2n) is 7.92. The van der Waals surface area contributed by atoms with Gasteiger partial charge in [0.25, 0.3) is 5.91 Å². The first-order valence-corrected chi connectivity index (χ1v) is 11.2. The average Bonchev–Trinajstić information content (AvgIpc) is 3.22. The first kappa shape index (κ1) is 22.6. The van der Waals surface area contributed by atoms with E-state index >= 15 is 0 Å². The Hall–Kier alpha value is -3.64. The predicted octanol–water partition coefficient (Wildman–Crippen LogP) is 5.15. The molecule has 1 aliphatic heterocycles. The van der Waals surface area contributed by atoms with Gasteiger partial charge < -0.3 is 15.5 Å². The first-order chi connectivity index (χ1) is 15.9. The monoisotopic (exact) mass is 461 g/mol. The van der Waals surface area contributed by atoms with E-state index in [1.54, 1.807) is 53.4 Å². The minimum absolute atomic E-state index is 0.0897. The standard InChI is InChI=1S/C26H24ClN3O3/c1-2-17-7-13-21(14-8-17)30-16-18(15-24(30)31)25(32)29-23-6-4-3-5-22(23)26(33)28-20-11-9-19(27)10-12-20/h3-14,18H,2,15-16H2,1H3,(H,28,33)(H,29,32). The third-order valence-electron chi connectivity index (χ3n) is 5.68. The minimum atomic E-state index is -0.504. The molecule has 1 atom stereocenters. The summed E-state index contributed by atoms with van der Waals surface area (Å²) < 4.78 is 0. The van der Waals surface area contributed by atoms with Crippen LogP contribution in [-0.4, -0.2) is 24.3 Å². The van der Waals surface area contributed by atoms with Crippen molar-refractivity contribution in [1.82, 2.24) is 0 Å². The molecule has 3 amide bonds. The Bertz CT molecular complexity index is 1180. The van der Waals surface area contributed by atoms with Gasteiger partial charge in [-0.2, -0.15) is 0 Å². The van der Waals surface area contributed by atoms with Gasteiger partial charge in [0.1, 0.15) is 0 Å². The van der Waals surface area contributed by atoms with Gasteiger partial charge in [0.15, 0.2) is 0 Å². The lowest BCUT2D eigenvalue weighted by Crippen LogP contribution is -2.28. The van der Waals surface area contributed by atoms with Crippen LogP contribution in [0.3, 0.4) is 0 Å². The Labute approximate surface area is 197 Å². The molecule has 1 unspecified atom stereocenters. The maximum Gasteiger partial charge on any atom is 0.257 e. The zero-order valence-corrected chi connectivity index (χ0v) is 18.9. The number of halogens is 1. The Morgan fingerprint density at radius 1 is 0.970 bits per heavy atom. The summed E-state index contributed by atoms with van der Waals surface area (Å²) in [4.78, 5) is 40.0. The van der Waals surface area contributed by atoms with E-state index in [0.717, 1.165) is 12.1 Å². The molecule has 0 aliphatic carbocycles. The molecule has 168 valence electrons. The van der Waals surface area contributed by atoms with Crippen molar-refractivity contribution in [2.45, 2.75) is 19.8 Å². The van der Waals surface area contributed by atoms with Gasteiger partial charge >= 0.3 is 0 Å². The molecule has 1 aliphatic rings. The highest BCUT2D eigenvalue weighted by atomic mass is 35.5. The fourth-order valence-electron chi connectivity index (χ4n) is 3.80. The third-order valence-corrected chi connectivity index (χ3v) is 5.94. The zero-order chi connectivity index (χ0) is 23.4. The van der Waals surface area contributed by atoms with Crippen molar-refractivity contribution in [3.8, 4) is 0 Å². The number of carbonyl (C=O) groups excluding carboxylic acids is 3. The van der Waals surface area contributed by atoms with Crippen LogP contribution in [0.25, 0.3) is 0 Å². The topological polar surface area (TPSA) is 78.5 Å². The van der Waals surface area contributed by atoms with Crippen LogP contribution in [0.1, 0.15) is 29.3 Å². The maximum atomic E-state index is 13.0. The van der Waals surface area contributed by atoms with Crippen molar-refractivity contribution >= 4 is 46.4 Å². The Morgan fingerprint density at radius 2 is 1.67 bits per heavy atom. The number of rotatable bonds is 6. The van der Waals surface area contributed by atoms with Gasteiger partial charge in [0.2, 0.25) is 11.8 Å². The average molecular weight is 462 g/mol. The number of para-hydroxylation sites is 1. The molecule has 0 saturated carbocycles. The molecule has 33 heavy (non-hydrogen) atoms. The molecule has 1 saturated heterocycles. The van der Waals surface area contributed by atoms with Crippen molar-refractivity contribution in [1.29, 1.82) is 0 Å². The van der Waals surface area contributed by atoms with Crippen molar-refractivity contribution in [2.24, 2.45) is 5.92 Å².